The molecule has 0 amide bonds. The van der Waals surface area contributed by atoms with Gasteiger partial charge in [-0.1, -0.05) is 25.4 Å². The number of pyridine rings is 1. The van der Waals surface area contributed by atoms with Gasteiger partial charge in [-0.15, -0.1) is 0 Å². The molecule has 1 aromatic carbocycles. The number of aromatic carboxylic acids is 1. The van der Waals surface area contributed by atoms with Gasteiger partial charge in [0.1, 0.15) is 11.3 Å². The molecule has 4 aliphatic rings. The Morgan fingerprint density at radius 2 is 2.03 bits per heavy atom. The van der Waals surface area contributed by atoms with Crippen molar-refractivity contribution in [2.75, 3.05) is 39.5 Å². The van der Waals surface area contributed by atoms with E-state index in [-0.39, 0.29) is 22.9 Å². The summed E-state index contributed by atoms with van der Waals surface area (Å²) in [6, 6.07) is 5.46. The summed E-state index contributed by atoms with van der Waals surface area (Å²) in [5.74, 6) is -0.308. The van der Waals surface area contributed by atoms with Crippen LogP contribution in [0.15, 0.2) is 29.2 Å². The number of hydrogen-bond donors (Lipinski definition) is 1. The summed E-state index contributed by atoms with van der Waals surface area (Å²) >= 11 is 6.66. The van der Waals surface area contributed by atoms with E-state index in [9.17, 15) is 14.7 Å². The van der Waals surface area contributed by atoms with Gasteiger partial charge in [0.05, 0.1) is 30.5 Å². The predicted molar refractivity (Wildman–Crippen MR) is 133 cm³/mol. The predicted octanol–water partition coefficient (Wildman–Crippen LogP) is 4.43. The lowest BCUT2D eigenvalue weighted by atomic mass is 9.77. The van der Waals surface area contributed by atoms with Crippen LogP contribution in [0.25, 0.3) is 11.3 Å². The van der Waals surface area contributed by atoms with Crippen LogP contribution in [-0.4, -0.2) is 60.0 Å². The van der Waals surface area contributed by atoms with Crippen molar-refractivity contribution in [2.24, 2.45) is 10.8 Å². The standard InChI is InChI=1S/C27H31ClN2O5/c1-26(2)5-4-16-17-9-23(35-7-3-6-29-12-27(13-29)14-34-15-27)20(28)8-18(17)21-10-22(31)19(25(32)33)11-30(21)24(16)26/h8-11,16,24H,3-7,12-15H2,1-2H3,(H,32,33). The van der Waals surface area contributed by atoms with Crippen LogP contribution < -0.4 is 10.2 Å². The van der Waals surface area contributed by atoms with Crippen molar-refractivity contribution in [1.29, 1.82) is 0 Å². The number of fused-ring (bicyclic) bond motifs is 6. The highest BCUT2D eigenvalue weighted by atomic mass is 35.5. The van der Waals surface area contributed by atoms with Crippen molar-refractivity contribution in [1.82, 2.24) is 9.47 Å². The highest BCUT2D eigenvalue weighted by Crippen LogP contribution is 2.59. The molecule has 4 heterocycles. The van der Waals surface area contributed by atoms with E-state index in [1.807, 2.05) is 10.6 Å². The zero-order chi connectivity index (χ0) is 24.5. The molecule has 2 atom stereocenters. The van der Waals surface area contributed by atoms with Crippen LogP contribution in [0.1, 0.15) is 61.0 Å². The maximum Gasteiger partial charge on any atom is 0.341 e. The topological polar surface area (TPSA) is 81.0 Å². The Kier molecular flexibility index (Phi) is 5.33. The summed E-state index contributed by atoms with van der Waals surface area (Å²) in [5, 5.41) is 10.1. The Hall–Kier alpha value is -2.35. The maximum atomic E-state index is 12.6. The van der Waals surface area contributed by atoms with E-state index >= 15 is 0 Å². The normalized spacial score (nSPS) is 25.2. The van der Waals surface area contributed by atoms with Gasteiger partial charge in [-0.25, -0.2) is 4.79 Å². The Balaban J connectivity index is 1.26. The van der Waals surface area contributed by atoms with Gasteiger partial charge in [0.25, 0.3) is 0 Å². The molecule has 1 saturated carbocycles. The summed E-state index contributed by atoms with van der Waals surface area (Å²) in [6.07, 6.45) is 4.46. The number of aromatic nitrogens is 1. The van der Waals surface area contributed by atoms with Crippen molar-refractivity contribution in [3.8, 4) is 17.0 Å². The van der Waals surface area contributed by atoms with Gasteiger partial charge < -0.3 is 24.0 Å². The average molecular weight is 499 g/mol. The van der Waals surface area contributed by atoms with Gasteiger partial charge in [0.15, 0.2) is 5.43 Å². The van der Waals surface area contributed by atoms with Gasteiger partial charge in [-0.05, 0) is 42.4 Å². The molecular weight excluding hydrogens is 468 g/mol. The van der Waals surface area contributed by atoms with E-state index < -0.39 is 11.4 Å². The van der Waals surface area contributed by atoms with Crippen molar-refractivity contribution in [3.05, 3.63) is 50.8 Å². The molecule has 3 aliphatic heterocycles. The van der Waals surface area contributed by atoms with Crippen LogP contribution in [0.4, 0.5) is 0 Å². The van der Waals surface area contributed by atoms with Gasteiger partial charge in [0.2, 0.25) is 0 Å². The summed E-state index contributed by atoms with van der Waals surface area (Å²) in [7, 11) is 0. The second kappa shape index (κ2) is 8.08. The lowest BCUT2D eigenvalue weighted by Gasteiger charge is -2.55. The number of rotatable bonds is 6. The van der Waals surface area contributed by atoms with Crippen LogP contribution >= 0.6 is 11.6 Å². The lowest BCUT2D eigenvalue weighted by Crippen LogP contribution is -2.65. The van der Waals surface area contributed by atoms with Gasteiger partial charge in [0, 0.05) is 54.8 Å². The third kappa shape index (κ3) is 3.71. The third-order valence-corrected chi connectivity index (χ3v) is 8.78. The van der Waals surface area contributed by atoms with Crippen LogP contribution in [0.5, 0.6) is 5.75 Å². The fourth-order valence-corrected chi connectivity index (χ4v) is 6.96. The average Bonchev–Trinajstić information content (AvgIpc) is 3.06. The molecule has 2 aromatic rings. The zero-order valence-electron chi connectivity index (χ0n) is 20.2. The second-order valence-electron chi connectivity index (χ2n) is 11.5. The Labute approximate surface area is 209 Å². The van der Waals surface area contributed by atoms with Crippen LogP contribution in [-0.2, 0) is 4.74 Å². The molecule has 6 rings (SSSR count). The summed E-state index contributed by atoms with van der Waals surface area (Å²) in [4.78, 5) is 26.7. The van der Waals surface area contributed by atoms with E-state index in [4.69, 9.17) is 21.1 Å². The highest BCUT2D eigenvalue weighted by Gasteiger charge is 2.49. The first-order valence-electron chi connectivity index (χ1n) is 12.4. The number of carboxylic acids is 1. The second-order valence-corrected chi connectivity index (χ2v) is 11.9. The lowest BCUT2D eigenvalue weighted by molar-refractivity contribution is -0.189. The van der Waals surface area contributed by atoms with Crippen molar-refractivity contribution in [2.45, 2.75) is 45.1 Å². The molecule has 186 valence electrons. The monoisotopic (exact) mass is 498 g/mol. The number of benzene rings is 1. The smallest absolute Gasteiger partial charge is 0.341 e. The third-order valence-electron chi connectivity index (χ3n) is 8.48. The highest BCUT2D eigenvalue weighted by molar-refractivity contribution is 6.32. The molecule has 1 aliphatic carbocycles. The molecular formula is C27H31ClN2O5. The van der Waals surface area contributed by atoms with E-state index in [2.05, 4.69) is 24.8 Å². The minimum Gasteiger partial charge on any atom is -0.492 e. The number of carbonyl (C=O) groups is 1. The van der Waals surface area contributed by atoms with Gasteiger partial charge >= 0.3 is 5.97 Å². The molecule has 1 N–H and O–H groups in total. The summed E-state index contributed by atoms with van der Waals surface area (Å²) in [6.45, 7) is 10.1. The summed E-state index contributed by atoms with van der Waals surface area (Å²) in [5.41, 5.74) is 2.47. The number of halogens is 1. The molecule has 2 unspecified atom stereocenters. The Morgan fingerprint density at radius 1 is 1.26 bits per heavy atom. The summed E-state index contributed by atoms with van der Waals surface area (Å²) < 4.78 is 13.5. The minimum absolute atomic E-state index is 0.0390. The minimum atomic E-state index is -1.19. The maximum absolute atomic E-state index is 12.6. The first-order valence-corrected chi connectivity index (χ1v) is 12.8. The van der Waals surface area contributed by atoms with Gasteiger partial charge in [-0.2, -0.15) is 0 Å². The SMILES string of the molecule is CC1(C)CCC2c3cc(OCCCN4CC5(COC5)C4)c(Cl)cc3-c3cc(=O)c(C(=O)O)cn3C21. The van der Waals surface area contributed by atoms with E-state index in [0.717, 1.165) is 68.9 Å². The largest absolute Gasteiger partial charge is 0.492 e. The number of hydrogen-bond acceptors (Lipinski definition) is 5. The zero-order valence-corrected chi connectivity index (χ0v) is 20.9. The quantitative estimate of drug-likeness (QED) is 0.593. The Bertz CT molecular complexity index is 1260. The number of likely N-dealkylation sites (tertiary alicyclic amines) is 1. The van der Waals surface area contributed by atoms with E-state index in [1.165, 1.54) is 12.3 Å². The van der Waals surface area contributed by atoms with Crippen LogP contribution in [0, 0.1) is 10.8 Å². The molecule has 2 saturated heterocycles. The first-order chi connectivity index (χ1) is 16.7. The van der Waals surface area contributed by atoms with Crippen molar-refractivity contribution in [3.63, 3.8) is 0 Å². The molecule has 35 heavy (non-hydrogen) atoms. The fourth-order valence-electron chi connectivity index (χ4n) is 6.74. The van der Waals surface area contributed by atoms with Gasteiger partial charge in [-0.3, -0.25) is 4.79 Å². The number of nitrogens with zero attached hydrogens (tertiary/aromatic N) is 2. The molecule has 1 aromatic heterocycles. The van der Waals surface area contributed by atoms with Crippen LogP contribution in [0.3, 0.4) is 0 Å². The molecule has 3 fully saturated rings. The first kappa shape index (κ1) is 23.1. The molecule has 0 bridgehead atoms. The molecule has 8 heteroatoms. The number of carboxylic acid groups (broad SMARTS) is 1. The molecule has 7 nitrogen and oxygen atoms in total. The molecule has 0 radical (unpaired) electrons. The van der Waals surface area contributed by atoms with Crippen molar-refractivity contribution < 1.29 is 19.4 Å². The van der Waals surface area contributed by atoms with E-state index in [1.54, 1.807) is 0 Å². The van der Waals surface area contributed by atoms with Crippen molar-refractivity contribution >= 4 is 17.6 Å². The number of ether oxygens (including phenoxy) is 2. The Morgan fingerprint density at radius 3 is 2.71 bits per heavy atom. The van der Waals surface area contributed by atoms with Crippen LogP contribution in [0.2, 0.25) is 5.02 Å². The molecule has 1 spiro atoms. The fraction of sp³-hybridized carbons (Fsp3) is 0.556. The van der Waals surface area contributed by atoms with E-state index in [0.29, 0.717) is 22.8 Å².